The van der Waals surface area contributed by atoms with Gasteiger partial charge in [-0.1, -0.05) is 18.5 Å². The van der Waals surface area contributed by atoms with E-state index in [0.717, 1.165) is 5.56 Å². The van der Waals surface area contributed by atoms with Crippen molar-refractivity contribution >= 4 is 17.5 Å². The van der Waals surface area contributed by atoms with E-state index in [1.165, 1.54) is 0 Å². The summed E-state index contributed by atoms with van der Waals surface area (Å²) >= 11 is 5.90. The Morgan fingerprint density at radius 3 is 2.68 bits per heavy atom. The molecule has 0 saturated heterocycles. The van der Waals surface area contributed by atoms with Gasteiger partial charge in [-0.25, -0.2) is 0 Å². The van der Waals surface area contributed by atoms with E-state index >= 15 is 0 Å². The van der Waals surface area contributed by atoms with Crippen molar-refractivity contribution in [2.75, 3.05) is 13.2 Å². The van der Waals surface area contributed by atoms with Gasteiger partial charge in [0.2, 0.25) is 0 Å². The summed E-state index contributed by atoms with van der Waals surface area (Å²) in [6.45, 7) is 0.0674. The lowest BCUT2D eigenvalue weighted by Gasteiger charge is -2.10. The molecule has 1 amide bonds. The van der Waals surface area contributed by atoms with Gasteiger partial charge < -0.3 is 10.1 Å². The molecule has 0 aromatic heterocycles. The van der Waals surface area contributed by atoms with E-state index in [2.05, 4.69) is 0 Å². The number of hydrogen-bond acceptors (Lipinski definition) is 2. The fourth-order valence-electron chi connectivity index (χ4n) is 1.31. The van der Waals surface area contributed by atoms with Crippen LogP contribution in [0.5, 0.6) is 5.75 Å². The fourth-order valence-corrected chi connectivity index (χ4v) is 1.56. The quantitative estimate of drug-likeness (QED) is 0.907. The summed E-state index contributed by atoms with van der Waals surface area (Å²) in [4.78, 5) is 11.1. The highest BCUT2D eigenvalue weighted by Crippen LogP contribution is 2.22. The van der Waals surface area contributed by atoms with Gasteiger partial charge in [-0.3, -0.25) is 4.79 Å². The van der Waals surface area contributed by atoms with Crippen LogP contribution in [-0.4, -0.2) is 25.2 Å². The molecule has 1 rings (SSSR count). The number of carbonyl (C=O) groups is 1. The van der Waals surface area contributed by atoms with Gasteiger partial charge >= 0.3 is 6.18 Å². The number of aryl methyl sites for hydroxylation is 1. The Morgan fingerprint density at radius 1 is 1.42 bits per heavy atom. The Balaban J connectivity index is 2.46. The number of carbonyl (C=O) groups excluding carboxylic acids is 1. The first-order valence-corrected chi connectivity index (χ1v) is 5.94. The smallest absolute Gasteiger partial charge is 0.405 e. The summed E-state index contributed by atoms with van der Waals surface area (Å²) in [6.07, 6.45) is -3.73. The number of alkyl halides is 3. The first-order chi connectivity index (χ1) is 8.81. The van der Waals surface area contributed by atoms with Crippen LogP contribution < -0.4 is 10.1 Å². The predicted octanol–water partition coefficient (Wildman–Crippen LogP) is 2.96. The van der Waals surface area contributed by atoms with Gasteiger partial charge in [-0.2, -0.15) is 13.2 Å². The van der Waals surface area contributed by atoms with Gasteiger partial charge in [0, 0.05) is 5.02 Å². The molecule has 1 aromatic carbocycles. The van der Waals surface area contributed by atoms with Crippen molar-refractivity contribution in [3.8, 4) is 5.75 Å². The van der Waals surface area contributed by atoms with E-state index < -0.39 is 25.2 Å². The van der Waals surface area contributed by atoms with Crippen LogP contribution in [0.4, 0.5) is 13.2 Å². The second kappa shape index (κ2) is 6.65. The molecule has 0 aliphatic carbocycles. The number of hydrogen-bond donors (Lipinski definition) is 1. The minimum atomic E-state index is -4.43. The van der Waals surface area contributed by atoms with Gasteiger partial charge in [0.1, 0.15) is 12.3 Å². The van der Waals surface area contributed by atoms with E-state index in [4.69, 9.17) is 16.3 Å². The predicted molar refractivity (Wildman–Crippen MR) is 65.4 cm³/mol. The van der Waals surface area contributed by atoms with Crippen LogP contribution in [0, 0.1) is 0 Å². The van der Waals surface area contributed by atoms with Crippen LogP contribution in [0.3, 0.4) is 0 Å². The van der Waals surface area contributed by atoms with Crippen LogP contribution in [0.25, 0.3) is 0 Å². The molecule has 0 spiro atoms. The number of amides is 1. The molecule has 0 unspecified atom stereocenters. The van der Waals surface area contributed by atoms with Crippen LogP contribution >= 0.6 is 11.6 Å². The van der Waals surface area contributed by atoms with Crippen LogP contribution in [0.15, 0.2) is 18.2 Å². The lowest BCUT2D eigenvalue weighted by Crippen LogP contribution is -2.36. The number of halogens is 4. The summed E-state index contributed by atoms with van der Waals surface area (Å²) < 4.78 is 40.6. The molecule has 0 aliphatic rings. The molecule has 0 radical (unpaired) electrons. The van der Waals surface area contributed by atoms with E-state index in [1.54, 1.807) is 23.5 Å². The second-order valence-corrected chi connectivity index (χ2v) is 4.19. The fraction of sp³-hybridized carbons (Fsp3) is 0.417. The Bertz CT molecular complexity index is 449. The molecule has 0 atom stereocenters. The summed E-state index contributed by atoms with van der Waals surface area (Å²) in [5.41, 5.74) is 0.842. The van der Waals surface area contributed by atoms with Crippen molar-refractivity contribution in [2.45, 2.75) is 19.5 Å². The number of nitrogens with one attached hydrogen (secondary N) is 1. The average molecular weight is 296 g/mol. The highest BCUT2D eigenvalue weighted by Gasteiger charge is 2.27. The van der Waals surface area contributed by atoms with Crippen molar-refractivity contribution < 1.29 is 22.7 Å². The molecule has 106 valence electrons. The van der Waals surface area contributed by atoms with Crippen molar-refractivity contribution in [3.63, 3.8) is 0 Å². The standard InChI is InChI=1S/C12H13ClF3NO2/c1-2-8-5-9(3-4-10(8)13)19-6-11(18)17-7-12(14,15)16/h3-5H,2,6-7H2,1H3,(H,17,18). The van der Waals surface area contributed by atoms with Crippen LogP contribution in [0.1, 0.15) is 12.5 Å². The molecule has 0 heterocycles. The largest absolute Gasteiger partial charge is 0.484 e. The van der Waals surface area contributed by atoms with E-state index in [-0.39, 0.29) is 0 Å². The third kappa shape index (κ3) is 5.83. The number of ether oxygens (including phenoxy) is 1. The topological polar surface area (TPSA) is 38.3 Å². The van der Waals surface area contributed by atoms with Gasteiger partial charge in [0.25, 0.3) is 5.91 Å². The Kier molecular flexibility index (Phi) is 5.47. The first-order valence-electron chi connectivity index (χ1n) is 5.56. The van der Waals surface area contributed by atoms with E-state index in [9.17, 15) is 18.0 Å². The molecule has 7 heteroatoms. The molecular weight excluding hydrogens is 283 g/mol. The highest BCUT2D eigenvalue weighted by molar-refractivity contribution is 6.31. The van der Waals surface area contributed by atoms with Crippen LogP contribution in [-0.2, 0) is 11.2 Å². The molecule has 3 nitrogen and oxygen atoms in total. The molecule has 0 saturated carbocycles. The zero-order chi connectivity index (χ0) is 14.5. The van der Waals surface area contributed by atoms with Gasteiger partial charge in [0.05, 0.1) is 0 Å². The maximum atomic E-state index is 11.9. The Labute approximate surface area is 113 Å². The summed E-state index contributed by atoms with van der Waals surface area (Å²) in [5, 5.41) is 2.30. The normalized spacial score (nSPS) is 11.2. The average Bonchev–Trinajstić information content (AvgIpc) is 2.34. The summed E-state index contributed by atoms with van der Waals surface area (Å²) in [6, 6.07) is 4.82. The van der Waals surface area contributed by atoms with Crippen LogP contribution in [0.2, 0.25) is 5.02 Å². The molecule has 1 aromatic rings. The first kappa shape index (κ1) is 15.6. The Morgan fingerprint density at radius 2 is 2.11 bits per heavy atom. The lowest BCUT2D eigenvalue weighted by molar-refractivity contribution is -0.139. The van der Waals surface area contributed by atoms with Gasteiger partial charge in [-0.15, -0.1) is 0 Å². The SMILES string of the molecule is CCc1cc(OCC(=O)NCC(F)(F)F)ccc1Cl. The zero-order valence-electron chi connectivity index (χ0n) is 10.2. The summed E-state index contributed by atoms with van der Waals surface area (Å²) in [7, 11) is 0. The minimum Gasteiger partial charge on any atom is -0.484 e. The number of rotatable bonds is 5. The van der Waals surface area contributed by atoms with Crippen molar-refractivity contribution in [1.29, 1.82) is 0 Å². The van der Waals surface area contributed by atoms with Gasteiger partial charge in [0.15, 0.2) is 6.61 Å². The molecule has 19 heavy (non-hydrogen) atoms. The summed E-state index contributed by atoms with van der Waals surface area (Å²) in [5.74, 6) is -0.436. The molecular formula is C12H13ClF3NO2. The van der Waals surface area contributed by atoms with Gasteiger partial charge in [-0.05, 0) is 30.2 Å². The minimum absolute atomic E-state index is 0.392. The molecule has 0 aliphatic heterocycles. The van der Waals surface area contributed by atoms with Crippen molar-refractivity contribution in [3.05, 3.63) is 28.8 Å². The third-order valence-corrected chi connectivity index (χ3v) is 2.62. The maximum absolute atomic E-state index is 11.9. The Hall–Kier alpha value is -1.43. The second-order valence-electron chi connectivity index (χ2n) is 3.79. The monoisotopic (exact) mass is 295 g/mol. The van der Waals surface area contributed by atoms with E-state index in [0.29, 0.717) is 17.2 Å². The third-order valence-electron chi connectivity index (χ3n) is 2.25. The van der Waals surface area contributed by atoms with E-state index in [1.807, 2.05) is 6.92 Å². The highest BCUT2D eigenvalue weighted by atomic mass is 35.5. The molecule has 0 bridgehead atoms. The van der Waals surface area contributed by atoms with Crippen molar-refractivity contribution in [1.82, 2.24) is 5.32 Å². The van der Waals surface area contributed by atoms with Crippen molar-refractivity contribution in [2.24, 2.45) is 0 Å². The lowest BCUT2D eigenvalue weighted by atomic mass is 10.1. The zero-order valence-corrected chi connectivity index (χ0v) is 10.9. The maximum Gasteiger partial charge on any atom is 0.405 e. The molecule has 0 fully saturated rings. The molecule has 1 N–H and O–H groups in total. The number of benzene rings is 1.